The molecule has 0 bridgehead atoms. The Morgan fingerprint density at radius 3 is 2.69 bits per heavy atom. The predicted molar refractivity (Wildman–Crippen MR) is 120 cm³/mol. The van der Waals surface area contributed by atoms with Gasteiger partial charge in [0.25, 0.3) is 5.91 Å². The van der Waals surface area contributed by atoms with Gasteiger partial charge in [0.15, 0.2) is 5.11 Å². The maximum Gasteiger partial charge on any atom is 0.281 e. The van der Waals surface area contributed by atoms with Gasteiger partial charge in [0.2, 0.25) is 0 Å². The Morgan fingerprint density at radius 1 is 1.17 bits per heavy atom. The van der Waals surface area contributed by atoms with Crippen molar-refractivity contribution in [2.45, 2.75) is 26.3 Å². The van der Waals surface area contributed by atoms with E-state index in [4.69, 9.17) is 17.0 Å². The topological polar surface area (TPSA) is 44.8 Å². The van der Waals surface area contributed by atoms with Crippen LogP contribution in [0.2, 0.25) is 0 Å². The van der Waals surface area contributed by atoms with Gasteiger partial charge in [-0.2, -0.15) is 0 Å². The van der Waals surface area contributed by atoms with Gasteiger partial charge in [-0.05, 0) is 86.5 Å². The molecule has 1 amide bonds. The minimum Gasteiger partial charge on any atom is -0.496 e. The molecule has 0 atom stereocenters. The highest BCUT2D eigenvalue weighted by Crippen LogP contribution is 2.27. The molecule has 29 heavy (non-hydrogen) atoms. The standard InChI is InChI=1S/C23H25N3O2S/c1-16-6-5-7-19(12-16)26-22(27)20(24-23(26)29)14-17-8-9-21(28-2)18(13-17)15-25-10-3-4-11-25/h5-9,12-14H,3-4,10-11,15H2,1-2H3,(H,24,29)/b20-14+. The highest BCUT2D eigenvalue weighted by atomic mass is 32.1. The lowest BCUT2D eigenvalue weighted by molar-refractivity contribution is -0.113. The van der Waals surface area contributed by atoms with Crippen molar-refractivity contribution in [1.82, 2.24) is 10.2 Å². The molecule has 6 heteroatoms. The van der Waals surface area contributed by atoms with Crippen molar-refractivity contribution in [3.63, 3.8) is 0 Å². The molecule has 0 spiro atoms. The van der Waals surface area contributed by atoms with Gasteiger partial charge in [0.05, 0.1) is 12.8 Å². The number of amides is 1. The molecular formula is C23H25N3O2S. The quantitative estimate of drug-likeness (QED) is 0.602. The second kappa shape index (κ2) is 8.35. The SMILES string of the molecule is COc1ccc(/C=C2/NC(=S)N(c3cccc(C)c3)C2=O)cc1CN1CCCC1. The number of likely N-dealkylation sites (tertiary alicyclic amines) is 1. The zero-order chi connectivity index (χ0) is 20.4. The van der Waals surface area contributed by atoms with Crippen LogP contribution < -0.4 is 15.0 Å². The van der Waals surface area contributed by atoms with Crippen LogP contribution in [0, 0.1) is 6.92 Å². The fourth-order valence-corrected chi connectivity index (χ4v) is 4.20. The molecule has 2 aliphatic rings. The van der Waals surface area contributed by atoms with Crippen molar-refractivity contribution in [3.8, 4) is 5.75 Å². The smallest absolute Gasteiger partial charge is 0.281 e. The minimum atomic E-state index is -0.141. The van der Waals surface area contributed by atoms with E-state index in [2.05, 4.69) is 16.3 Å². The summed E-state index contributed by atoms with van der Waals surface area (Å²) in [6.07, 6.45) is 4.35. The van der Waals surface area contributed by atoms with Crippen molar-refractivity contribution in [2.24, 2.45) is 0 Å². The van der Waals surface area contributed by atoms with Crippen LogP contribution in [0.5, 0.6) is 5.75 Å². The summed E-state index contributed by atoms with van der Waals surface area (Å²) < 4.78 is 5.55. The highest BCUT2D eigenvalue weighted by Gasteiger charge is 2.32. The second-order valence-corrected chi connectivity index (χ2v) is 7.91. The maximum atomic E-state index is 13.0. The number of hydrogen-bond donors (Lipinski definition) is 1. The van der Waals surface area contributed by atoms with Crippen molar-refractivity contribution in [1.29, 1.82) is 0 Å². The first-order valence-corrected chi connectivity index (χ1v) is 10.3. The van der Waals surface area contributed by atoms with Gasteiger partial charge in [-0.3, -0.25) is 14.6 Å². The minimum absolute atomic E-state index is 0.141. The first kappa shape index (κ1) is 19.6. The molecule has 2 fully saturated rings. The fraction of sp³-hybridized carbons (Fsp3) is 0.304. The van der Waals surface area contributed by atoms with Crippen LogP contribution in [-0.2, 0) is 11.3 Å². The summed E-state index contributed by atoms with van der Waals surface area (Å²) in [6, 6.07) is 13.8. The average molecular weight is 408 g/mol. The van der Waals surface area contributed by atoms with E-state index in [1.54, 1.807) is 12.0 Å². The summed E-state index contributed by atoms with van der Waals surface area (Å²) in [4.78, 5) is 17.0. The molecular weight excluding hydrogens is 382 g/mol. The third-order valence-electron chi connectivity index (χ3n) is 5.35. The lowest BCUT2D eigenvalue weighted by Gasteiger charge is -2.17. The Bertz CT molecular complexity index is 980. The molecule has 150 valence electrons. The van der Waals surface area contributed by atoms with Crippen LogP contribution in [0.15, 0.2) is 48.2 Å². The number of carbonyl (C=O) groups is 1. The molecule has 5 nitrogen and oxygen atoms in total. The summed E-state index contributed by atoms with van der Waals surface area (Å²) in [5.74, 6) is 0.735. The lowest BCUT2D eigenvalue weighted by atomic mass is 10.1. The van der Waals surface area contributed by atoms with Crippen LogP contribution in [0.1, 0.15) is 29.5 Å². The number of thiocarbonyl (C=S) groups is 1. The van der Waals surface area contributed by atoms with Crippen LogP contribution in [0.25, 0.3) is 6.08 Å². The number of hydrogen-bond acceptors (Lipinski definition) is 4. The number of anilines is 1. The zero-order valence-electron chi connectivity index (χ0n) is 16.8. The van der Waals surface area contributed by atoms with Gasteiger partial charge >= 0.3 is 0 Å². The largest absolute Gasteiger partial charge is 0.496 e. The molecule has 0 aromatic heterocycles. The predicted octanol–water partition coefficient (Wildman–Crippen LogP) is 3.86. The van der Waals surface area contributed by atoms with Gasteiger partial charge in [-0.1, -0.05) is 18.2 Å². The van der Waals surface area contributed by atoms with Gasteiger partial charge < -0.3 is 10.1 Å². The number of rotatable bonds is 5. The summed E-state index contributed by atoms with van der Waals surface area (Å²) in [6.45, 7) is 5.09. The fourth-order valence-electron chi connectivity index (χ4n) is 3.90. The van der Waals surface area contributed by atoms with Crippen LogP contribution >= 0.6 is 12.2 Å². The molecule has 2 aromatic carbocycles. The Labute approximate surface area is 177 Å². The zero-order valence-corrected chi connectivity index (χ0v) is 17.6. The van der Waals surface area contributed by atoms with E-state index >= 15 is 0 Å². The summed E-state index contributed by atoms with van der Waals surface area (Å²) in [5, 5.41) is 3.47. The van der Waals surface area contributed by atoms with Crippen molar-refractivity contribution >= 4 is 35.0 Å². The number of nitrogens with zero attached hydrogens (tertiary/aromatic N) is 2. The maximum absolute atomic E-state index is 13.0. The summed E-state index contributed by atoms with van der Waals surface area (Å²) in [5.41, 5.74) is 4.42. The highest BCUT2D eigenvalue weighted by molar-refractivity contribution is 7.80. The second-order valence-electron chi connectivity index (χ2n) is 7.52. The van der Waals surface area contributed by atoms with Crippen molar-refractivity contribution in [2.75, 3.05) is 25.1 Å². The van der Waals surface area contributed by atoms with Gasteiger partial charge in [-0.15, -0.1) is 0 Å². The first-order valence-electron chi connectivity index (χ1n) is 9.88. The van der Waals surface area contributed by atoms with E-state index < -0.39 is 0 Å². The Hall–Kier alpha value is -2.70. The number of carbonyl (C=O) groups excluding carboxylic acids is 1. The number of aryl methyl sites for hydroxylation is 1. The third-order valence-corrected chi connectivity index (χ3v) is 5.63. The molecule has 2 heterocycles. The van der Waals surface area contributed by atoms with E-state index in [1.807, 2.05) is 49.4 Å². The molecule has 0 radical (unpaired) electrons. The normalized spacial score (nSPS) is 18.6. The van der Waals surface area contributed by atoms with E-state index in [1.165, 1.54) is 12.8 Å². The van der Waals surface area contributed by atoms with E-state index in [0.717, 1.165) is 47.8 Å². The van der Waals surface area contributed by atoms with Crippen LogP contribution in [0.4, 0.5) is 5.69 Å². The Morgan fingerprint density at radius 2 is 1.97 bits per heavy atom. The number of nitrogens with one attached hydrogen (secondary N) is 1. The van der Waals surface area contributed by atoms with E-state index in [9.17, 15) is 4.79 Å². The summed E-state index contributed by atoms with van der Waals surface area (Å²) in [7, 11) is 1.70. The number of benzene rings is 2. The van der Waals surface area contributed by atoms with Gasteiger partial charge in [0, 0.05) is 12.1 Å². The van der Waals surface area contributed by atoms with Gasteiger partial charge in [0.1, 0.15) is 11.4 Å². The Kier molecular flexibility index (Phi) is 5.65. The van der Waals surface area contributed by atoms with Gasteiger partial charge in [-0.25, -0.2) is 0 Å². The number of methoxy groups -OCH3 is 1. The molecule has 0 unspecified atom stereocenters. The molecule has 1 N–H and O–H groups in total. The number of ether oxygens (including phenoxy) is 1. The molecule has 4 rings (SSSR count). The lowest BCUT2D eigenvalue weighted by Crippen LogP contribution is -2.30. The Balaban J connectivity index is 1.60. The molecule has 0 aliphatic carbocycles. The average Bonchev–Trinajstić information content (AvgIpc) is 3.30. The third kappa shape index (κ3) is 4.18. The van der Waals surface area contributed by atoms with Crippen LogP contribution in [0.3, 0.4) is 0 Å². The monoisotopic (exact) mass is 407 g/mol. The molecule has 2 aliphatic heterocycles. The van der Waals surface area contributed by atoms with Crippen molar-refractivity contribution in [3.05, 3.63) is 64.9 Å². The molecule has 2 saturated heterocycles. The first-order chi connectivity index (χ1) is 14.0. The molecule has 0 saturated carbocycles. The molecule has 2 aromatic rings. The van der Waals surface area contributed by atoms with Crippen LogP contribution in [-0.4, -0.2) is 36.1 Å². The van der Waals surface area contributed by atoms with E-state index in [-0.39, 0.29) is 5.91 Å². The van der Waals surface area contributed by atoms with Crippen molar-refractivity contribution < 1.29 is 9.53 Å². The van der Waals surface area contributed by atoms with E-state index in [0.29, 0.717) is 10.8 Å². The summed E-state index contributed by atoms with van der Waals surface area (Å²) >= 11 is 5.42.